The molecular weight excluding hydrogens is 282 g/mol. The second-order valence-electron chi connectivity index (χ2n) is 4.82. The van der Waals surface area contributed by atoms with Gasteiger partial charge >= 0.3 is 0 Å². The van der Waals surface area contributed by atoms with Gasteiger partial charge in [-0.25, -0.2) is 0 Å². The molecule has 0 aliphatic heterocycles. The molecular formula is C12H15N3O4S. The molecule has 1 aromatic rings. The third-order valence-corrected chi connectivity index (χ3v) is 4.90. The van der Waals surface area contributed by atoms with Crippen LogP contribution >= 0.6 is 11.8 Å². The van der Waals surface area contributed by atoms with Crippen molar-refractivity contribution in [3.63, 3.8) is 0 Å². The molecule has 2 rings (SSSR count). The van der Waals surface area contributed by atoms with Crippen molar-refractivity contribution in [3.05, 3.63) is 44.0 Å². The number of hydrogen-bond donors (Lipinski definition) is 1. The summed E-state index contributed by atoms with van der Waals surface area (Å²) in [6.07, 6.45) is 4.37. The highest BCUT2D eigenvalue weighted by atomic mass is 32.2. The Morgan fingerprint density at radius 1 is 1.30 bits per heavy atom. The summed E-state index contributed by atoms with van der Waals surface area (Å²) in [5.41, 5.74) is 0.00132. The zero-order valence-electron chi connectivity index (χ0n) is 11.0. The molecule has 8 heteroatoms. The lowest BCUT2D eigenvalue weighted by molar-refractivity contribution is -0.394. The van der Waals surface area contributed by atoms with E-state index in [-0.39, 0.29) is 16.1 Å². The molecule has 0 radical (unpaired) electrons. The number of hydrogen-bond acceptors (Lipinski definition) is 6. The number of nitrogens with one attached hydrogen (secondary N) is 1. The van der Waals surface area contributed by atoms with Crippen molar-refractivity contribution in [2.24, 2.45) is 0 Å². The molecule has 0 heterocycles. The van der Waals surface area contributed by atoms with E-state index < -0.39 is 9.85 Å². The van der Waals surface area contributed by atoms with E-state index in [0.717, 1.165) is 25.5 Å². The van der Waals surface area contributed by atoms with E-state index in [4.69, 9.17) is 0 Å². The quantitative estimate of drug-likeness (QED) is 0.613. The number of nitrogens with zero attached hydrogens (tertiary/aromatic N) is 2. The first-order chi connectivity index (χ1) is 9.47. The summed E-state index contributed by atoms with van der Waals surface area (Å²) in [6.45, 7) is 1.14. The van der Waals surface area contributed by atoms with Crippen molar-refractivity contribution < 1.29 is 9.85 Å². The van der Waals surface area contributed by atoms with Gasteiger partial charge in [0.1, 0.15) is 0 Å². The second kappa shape index (κ2) is 5.76. The Kier molecular flexibility index (Phi) is 4.24. The lowest BCUT2D eigenvalue weighted by Gasteiger charge is -2.13. The molecule has 1 aromatic carbocycles. The van der Waals surface area contributed by atoms with Crippen LogP contribution in [0.25, 0.3) is 0 Å². The molecule has 0 bridgehead atoms. The minimum Gasteiger partial charge on any atom is -0.311 e. The highest BCUT2D eigenvalue weighted by Crippen LogP contribution is 2.46. The van der Waals surface area contributed by atoms with E-state index in [2.05, 4.69) is 11.6 Å². The van der Waals surface area contributed by atoms with Gasteiger partial charge in [0.05, 0.1) is 15.9 Å². The molecule has 0 spiro atoms. The number of thioether (sulfide) groups is 1. The molecule has 0 unspecified atom stereocenters. The lowest BCUT2D eigenvalue weighted by atomic mass is 10.1. The minimum absolute atomic E-state index is 0.208. The van der Waals surface area contributed by atoms with Gasteiger partial charge in [0.25, 0.3) is 11.4 Å². The maximum absolute atomic E-state index is 11.0. The summed E-state index contributed by atoms with van der Waals surface area (Å²) in [6, 6.07) is 3.76. The van der Waals surface area contributed by atoms with Crippen molar-refractivity contribution in [1.29, 1.82) is 0 Å². The van der Waals surface area contributed by atoms with Crippen molar-refractivity contribution in [2.75, 3.05) is 12.8 Å². The van der Waals surface area contributed by atoms with Crippen LogP contribution in [0.15, 0.2) is 18.2 Å². The Hall–Kier alpha value is -1.67. The van der Waals surface area contributed by atoms with Gasteiger partial charge in [0.15, 0.2) is 0 Å². The SMILES string of the molecule is CSC1(CNCc2ccc([N+](=O)[O-])cc2[N+](=O)[O-])CC1. The average molecular weight is 297 g/mol. The summed E-state index contributed by atoms with van der Waals surface area (Å²) in [5, 5.41) is 24.8. The topological polar surface area (TPSA) is 98.3 Å². The van der Waals surface area contributed by atoms with E-state index in [1.165, 1.54) is 12.1 Å². The van der Waals surface area contributed by atoms with Crippen molar-refractivity contribution in [3.8, 4) is 0 Å². The maximum Gasteiger partial charge on any atom is 0.280 e. The van der Waals surface area contributed by atoms with Crippen LogP contribution in [0.5, 0.6) is 0 Å². The smallest absolute Gasteiger partial charge is 0.280 e. The standard InChI is InChI=1S/C12H15N3O4S/c1-20-12(4-5-12)8-13-7-9-2-3-10(14(16)17)6-11(9)15(18)19/h2-3,6,13H,4-5,7-8H2,1H3. The molecule has 1 saturated carbocycles. The first-order valence-electron chi connectivity index (χ1n) is 6.15. The van der Waals surface area contributed by atoms with Gasteiger partial charge in [0.2, 0.25) is 0 Å². The Morgan fingerprint density at radius 2 is 2.00 bits per heavy atom. The van der Waals surface area contributed by atoms with Gasteiger partial charge in [-0.05, 0) is 25.2 Å². The number of non-ortho nitro benzene ring substituents is 1. The monoisotopic (exact) mass is 297 g/mol. The molecule has 1 fully saturated rings. The van der Waals surface area contributed by atoms with Crippen molar-refractivity contribution in [1.82, 2.24) is 5.32 Å². The molecule has 0 amide bonds. The predicted molar refractivity (Wildman–Crippen MR) is 76.9 cm³/mol. The number of rotatable bonds is 7. The first-order valence-corrected chi connectivity index (χ1v) is 7.37. The molecule has 108 valence electrons. The van der Waals surface area contributed by atoms with Gasteiger partial charge < -0.3 is 5.32 Å². The Labute approximate surface area is 120 Å². The van der Waals surface area contributed by atoms with Crippen LogP contribution in [0.3, 0.4) is 0 Å². The summed E-state index contributed by atoms with van der Waals surface area (Å²) < 4.78 is 0.273. The summed E-state index contributed by atoms with van der Waals surface area (Å²) in [4.78, 5) is 20.4. The fourth-order valence-corrected chi connectivity index (χ4v) is 2.76. The number of nitro benzene ring substituents is 2. The molecule has 20 heavy (non-hydrogen) atoms. The van der Waals surface area contributed by atoms with Gasteiger partial charge in [-0.1, -0.05) is 0 Å². The van der Waals surface area contributed by atoms with E-state index in [1.807, 2.05) is 0 Å². The second-order valence-corrected chi connectivity index (χ2v) is 6.09. The van der Waals surface area contributed by atoms with Crippen LogP contribution < -0.4 is 5.32 Å². The van der Waals surface area contributed by atoms with E-state index in [0.29, 0.717) is 12.1 Å². The molecule has 0 saturated heterocycles. The summed E-state index contributed by atoms with van der Waals surface area (Å²) in [5.74, 6) is 0. The van der Waals surface area contributed by atoms with Gasteiger partial charge in [-0.2, -0.15) is 11.8 Å². The normalized spacial score (nSPS) is 15.8. The van der Waals surface area contributed by atoms with Crippen LogP contribution in [-0.2, 0) is 6.54 Å². The van der Waals surface area contributed by atoms with Crippen LogP contribution in [0.2, 0.25) is 0 Å². The molecule has 1 N–H and O–H groups in total. The summed E-state index contributed by atoms with van der Waals surface area (Å²) in [7, 11) is 0. The third kappa shape index (κ3) is 3.26. The molecule has 1 aliphatic carbocycles. The van der Waals surface area contributed by atoms with Crippen molar-refractivity contribution in [2.45, 2.75) is 24.1 Å². The minimum atomic E-state index is -0.628. The van der Waals surface area contributed by atoms with E-state index >= 15 is 0 Å². The maximum atomic E-state index is 11.0. The summed E-state index contributed by atoms with van der Waals surface area (Å²) >= 11 is 1.80. The van der Waals surface area contributed by atoms with Crippen LogP contribution in [0.1, 0.15) is 18.4 Å². The Morgan fingerprint density at radius 3 is 2.50 bits per heavy atom. The average Bonchev–Trinajstić information content (AvgIpc) is 3.19. The predicted octanol–water partition coefficient (Wildman–Crippen LogP) is 2.49. The zero-order valence-corrected chi connectivity index (χ0v) is 11.8. The molecule has 0 aromatic heterocycles. The van der Waals surface area contributed by atoms with E-state index in [1.54, 1.807) is 11.8 Å². The van der Waals surface area contributed by atoms with Gasteiger partial charge in [0, 0.05) is 29.5 Å². The van der Waals surface area contributed by atoms with Gasteiger partial charge in [-0.15, -0.1) is 0 Å². The Bertz CT molecular complexity index is 546. The molecule has 7 nitrogen and oxygen atoms in total. The van der Waals surface area contributed by atoms with Crippen LogP contribution in [0, 0.1) is 20.2 Å². The highest BCUT2D eigenvalue weighted by Gasteiger charge is 2.41. The van der Waals surface area contributed by atoms with Crippen LogP contribution in [0.4, 0.5) is 11.4 Å². The number of benzene rings is 1. The molecule has 1 aliphatic rings. The van der Waals surface area contributed by atoms with Gasteiger partial charge in [-0.3, -0.25) is 20.2 Å². The van der Waals surface area contributed by atoms with E-state index in [9.17, 15) is 20.2 Å². The zero-order chi connectivity index (χ0) is 14.8. The van der Waals surface area contributed by atoms with Crippen molar-refractivity contribution >= 4 is 23.1 Å². The molecule has 0 atom stereocenters. The third-order valence-electron chi connectivity index (χ3n) is 3.48. The number of nitro groups is 2. The highest BCUT2D eigenvalue weighted by molar-refractivity contribution is 8.00. The largest absolute Gasteiger partial charge is 0.311 e. The lowest BCUT2D eigenvalue weighted by Crippen LogP contribution is -2.25. The Balaban J connectivity index is 2.06. The first kappa shape index (κ1) is 14.7. The fourth-order valence-electron chi connectivity index (χ4n) is 2.00. The fraction of sp³-hybridized carbons (Fsp3) is 0.500. The van der Waals surface area contributed by atoms with Crippen LogP contribution in [-0.4, -0.2) is 27.4 Å².